The summed E-state index contributed by atoms with van der Waals surface area (Å²) in [6.45, 7) is 7.29. The number of amides is 1. The highest BCUT2D eigenvalue weighted by atomic mass is 16.5. The van der Waals surface area contributed by atoms with Crippen molar-refractivity contribution in [2.24, 2.45) is 0 Å². The van der Waals surface area contributed by atoms with Crippen molar-refractivity contribution in [3.05, 3.63) is 46.8 Å². The normalized spacial score (nSPS) is 11.9. The number of hydrogen-bond donors (Lipinski definition) is 3. The van der Waals surface area contributed by atoms with Crippen LogP contribution in [0, 0.1) is 13.8 Å². The molecule has 1 amide bonds. The van der Waals surface area contributed by atoms with E-state index in [1.807, 2.05) is 38.1 Å². The lowest BCUT2D eigenvalue weighted by molar-refractivity contribution is -0.124. The van der Waals surface area contributed by atoms with Crippen LogP contribution >= 0.6 is 0 Å². The summed E-state index contributed by atoms with van der Waals surface area (Å²) in [6, 6.07) is 7.72. The fraction of sp³-hybridized carbons (Fsp3) is 0.417. The molecular formula is C24H30N4O5. The highest BCUT2D eigenvalue weighted by Gasteiger charge is 2.16. The summed E-state index contributed by atoms with van der Waals surface area (Å²) in [5.41, 5.74) is 5.29. The zero-order chi connectivity index (χ0) is 24.0. The van der Waals surface area contributed by atoms with Crippen molar-refractivity contribution in [3.8, 4) is 28.7 Å². The molecule has 3 N–H and O–H groups in total. The Hall–Kier alpha value is -3.30. The minimum atomic E-state index is -0.904. The van der Waals surface area contributed by atoms with E-state index in [4.69, 9.17) is 14.3 Å². The third-order valence-electron chi connectivity index (χ3n) is 5.13. The third kappa shape index (κ3) is 6.15. The molecule has 9 nitrogen and oxygen atoms in total. The van der Waals surface area contributed by atoms with Gasteiger partial charge < -0.3 is 24.7 Å². The topological polar surface area (TPSA) is 131 Å². The average Bonchev–Trinajstić information content (AvgIpc) is 3.32. The largest absolute Gasteiger partial charge is 0.490 e. The molecule has 2 aromatic heterocycles. The van der Waals surface area contributed by atoms with Gasteiger partial charge in [0.15, 0.2) is 0 Å². The number of aromatic nitrogens is 3. The molecule has 0 fully saturated rings. The average molecular weight is 455 g/mol. The first kappa shape index (κ1) is 24.3. The van der Waals surface area contributed by atoms with Crippen LogP contribution < -0.4 is 10.1 Å². The Kier molecular flexibility index (Phi) is 8.13. The van der Waals surface area contributed by atoms with Crippen molar-refractivity contribution in [1.82, 2.24) is 20.5 Å². The van der Waals surface area contributed by atoms with Gasteiger partial charge >= 0.3 is 0 Å². The number of aliphatic hydroxyl groups is 2. The number of aliphatic hydroxyl groups excluding tert-OH is 2. The van der Waals surface area contributed by atoms with Gasteiger partial charge in [-0.25, -0.2) is 0 Å². The van der Waals surface area contributed by atoms with Crippen molar-refractivity contribution < 1.29 is 24.2 Å². The monoisotopic (exact) mass is 454 g/mol. The molecule has 3 rings (SSSR count). The molecule has 1 atom stereocenters. The highest BCUT2D eigenvalue weighted by Crippen LogP contribution is 2.31. The maximum absolute atomic E-state index is 11.1. The van der Waals surface area contributed by atoms with Crippen LogP contribution in [0.25, 0.3) is 22.9 Å². The van der Waals surface area contributed by atoms with Crippen molar-refractivity contribution >= 4 is 5.91 Å². The van der Waals surface area contributed by atoms with E-state index in [0.29, 0.717) is 17.5 Å². The number of carbonyl (C=O) groups excluding carboxylic acids is 1. The molecule has 0 aliphatic rings. The number of rotatable bonds is 10. The van der Waals surface area contributed by atoms with Crippen molar-refractivity contribution in [1.29, 1.82) is 0 Å². The summed E-state index contributed by atoms with van der Waals surface area (Å²) in [7, 11) is 0. The number of aryl methyl sites for hydroxylation is 4. The molecule has 176 valence electrons. The van der Waals surface area contributed by atoms with Crippen molar-refractivity contribution in [2.75, 3.05) is 19.8 Å². The van der Waals surface area contributed by atoms with E-state index >= 15 is 0 Å². The lowest BCUT2D eigenvalue weighted by Gasteiger charge is -2.16. The molecule has 0 spiro atoms. The van der Waals surface area contributed by atoms with Crippen LogP contribution in [-0.2, 0) is 17.6 Å². The summed E-state index contributed by atoms with van der Waals surface area (Å²) in [4.78, 5) is 15.7. The fourth-order valence-corrected chi connectivity index (χ4v) is 3.42. The number of nitrogens with zero attached hydrogens (tertiary/aromatic N) is 3. The first-order valence-corrected chi connectivity index (χ1v) is 11.0. The molecule has 33 heavy (non-hydrogen) atoms. The van der Waals surface area contributed by atoms with Crippen LogP contribution in [-0.4, -0.2) is 57.2 Å². The second-order valence-corrected chi connectivity index (χ2v) is 7.82. The fourth-order valence-electron chi connectivity index (χ4n) is 3.42. The van der Waals surface area contributed by atoms with E-state index in [1.165, 1.54) is 0 Å². The van der Waals surface area contributed by atoms with Gasteiger partial charge in [-0.2, -0.15) is 0 Å². The van der Waals surface area contributed by atoms with Gasteiger partial charge in [0.25, 0.3) is 0 Å². The lowest BCUT2D eigenvalue weighted by atomic mass is 10.1. The van der Waals surface area contributed by atoms with Gasteiger partial charge in [-0.3, -0.25) is 9.78 Å². The maximum Gasteiger partial charge on any atom is 0.248 e. The molecule has 0 bridgehead atoms. The number of nitrogens with one attached hydrogen (secondary N) is 1. The Balaban J connectivity index is 1.75. The zero-order valence-corrected chi connectivity index (χ0v) is 19.4. The van der Waals surface area contributed by atoms with Crippen LogP contribution in [0.3, 0.4) is 0 Å². The smallest absolute Gasteiger partial charge is 0.248 e. The van der Waals surface area contributed by atoms with Crippen LogP contribution in [0.2, 0.25) is 0 Å². The molecule has 1 aromatic carbocycles. The number of benzene rings is 1. The van der Waals surface area contributed by atoms with Gasteiger partial charge in [-0.15, -0.1) is 10.2 Å². The molecule has 0 saturated carbocycles. The van der Waals surface area contributed by atoms with Crippen LogP contribution in [0.15, 0.2) is 28.7 Å². The van der Waals surface area contributed by atoms with Gasteiger partial charge in [0.05, 0.1) is 0 Å². The van der Waals surface area contributed by atoms with Gasteiger partial charge in [-0.1, -0.05) is 13.8 Å². The quantitative estimate of drug-likeness (QED) is 0.426. The van der Waals surface area contributed by atoms with Gasteiger partial charge in [-0.05, 0) is 62.1 Å². The summed E-state index contributed by atoms with van der Waals surface area (Å²) >= 11 is 0. The van der Waals surface area contributed by atoms with Crippen LogP contribution in [0.1, 0.15) is 36.4 Å². The second-order valence-electron chi connectivity index (χ2n) is 7.82. The predicted molar refractivity (Wildman–Crippen MR) is 123 cm³/mol. The minimum Gasteiger partial charge on any atom is -0.490 e. The van der Waals surface area contributed by atoms with Gasteiger partial charge in [0.2, 0.25) is 17.7 Å². The Labute approximate surface area is 192 Å². The number of pyridine rings is 1. The molecule has 2 heterocycles. The SMILES string of the molecule is CCc1cc(-c2nnc(-c3cc(C)c(OC[C@@H](O)CNC(=O)CO)c(C)c3)o2)cc(CC)n1. The summed E-state index contributed by atoms with van der Waals surface area (Å²) in [5, 5.41) is 29.6. The van der Waals surface area contributed by atoms with E-state index in [9.17, 15) is 9.90 Å². The van der Waals surface area contributed by atoms with E-state index in [2.05, 4.69) is 34.3 Å². The molecule has 3 aromatic rings. The summed E-state index contributed by atoms with van der Waals surface area (Å²) in [5.74, 6) is 0.941. The molecule has 9 heteroatoms. The van der Waals surface area contributed by atoms with E-state index in [-0.39, 0.29) is 13.2 Å². The first-order chi connectivity index (χ1) is 15.8. The Morgan fingerprint density at radius 2 is 1.58 bits per heavy atom. The Morgan fingerprint density at radius 1 is 1.03 bits per heavy atom. The third-order valence-corrected chi connectivity index (χ3v) is 5.13. The maximum atomic E-state index is 11.1. The molecule has 0 unspecified atom stereocenters. The second kappa shape index (κ2) is 11.0. The molecule has 0 saturated heterocycles. The molecule has 0 radical (unpaired) electrons. The van der Waals surface area contributed by atoms with E-state index in [1.54, 1.807) is 0 Å². The number of hydrogen-bond acceptors (Lipinski definition) is 8. The van der Waals surface area contributed by atoms with Crippen molar-refractivity contribution in [3.63, 3.8) is 0 Å². The predicted octanol–water partition coefficient (Wildman–Crippen LogP) is 2.39. The highest BCUT2D eigenvalue weighted by molar-refractivity contribution is 5.76. The molecule has 0 aliphatic carbocycles. The van der Waals surface area contributed by atoms with Gasteiger partial charge in [0, 0.05) is 29.1 Å². The zero-order valence-electron chi connectivity index (χ0n) is 19.4. The lowest BCUT2D eigenvalue weighted by Crippen LogP contribution is -2.36. The Bertz CT molecular complexity index is 1070. The van der Waals surface area contributed by atoms with E-state index in [0.717, 1.165) is 46.5 Å². The van der Waals surface area contributed by atoms with Crippen molar-refractivity contribution in [2.45, 2.75) is 46.6 Å². The number of ether oxygens (including phenoxy) is 1. The summed E-state index contributed by atoms with van der Waals surface area (Å²) in [6.07, 6.45) is 0.743. The molecule has 0 aliphatic heterocycles. The summed E-state index contributed by atoms with van der Waals surface area (Å²) < 4.78 is 11.8. The number of carbonyl (C=O) groups is 1. The molecular weight excluding hydrogens is 424 g/mol. The standard InChI is InChI=1S/C24H30N4O5/c1-5-18-9-17(10-19(6-2)26-18)24-28-27-23(33-24)16-7-14(3)22(15(4)8-16)32-13-20(30)11-25-21(31)12-29/h7-10,20,29-30H,5-6,11-13H2,1-4H3,(H,25,31)/t20-/m0/s1. The first-order valence-electron chi connectivity index (χ1n) is 11.0. The Morgan fingerprint density at radius 3 is 2.09 bits per heavy atom. The minimum absolute atomic E-state index is 0.000985. The van der Waals surface area contributed by atoms with Crippen LogP contribution in [0.4, 0.5) is 0 Å². The van der Waals surface area contributed by atoms with Crippen LogP contribution in [0.5, 0.6) is 5.75 Å². The van der Waals surface area contributed by atoms with E-state index < -0.39 is 18.6 Å². The van der Waals surface area contributed by atoms with Gasteiger partial charge in [0.1, 0.15) is 25.1 Å².